The van der Waals surface area contributed by atoms with Gasteiger partial charge in [0.1, 0.15) is 18.5 Å². The fourth-order valence-corrected chi connectivity index (χ4v) is 6.29. The first kappa shape index (κ1) is 27.0. The van der Waals surface area contributed by atoms with Crippen LogP contribution in [0, 0.1) is 6.92 Å². The molecule has 3 aliphatic rings. The number of anilines is 1. The molecule has 1 fully saturated rings. The summed E-state index contributed by atoms with van der Waals surface area (Å²) in [6.07, 6.45) is 2.81. The first-order valence-electron chi connectivity index (χ1n) is 14.3. The Morgan fingerprint density at radius 2 is 1.71 bits per heavy atom. The summed E-state index contributed by atoms with van der Waals surface area (Å²) >= 11 is 0. The summed E-state index contributed by atoms with van der Waals surface area (Å²) in [6.45, 7) is 2.15. The van der Waals surface area contributed by atoms with E-state index in [4.69, 9.17) is 9.47 Å². The first-order chi connectivity index (χ1) is 19.9. The molecule has 1 aliphatic carbocycles. The van der Waals surface area contributed by atoms with E-state index in [1.165, 1.54) is 11.1 Å². The summed E-state index contributed by atoms with van der Waals surface area (Å²) in [6, 6.07) is 20.7. The molecule has 2 heterocycles. The van der Waals surface area contributed by atoms with E-state index in [0.717, 1.165) is 18.4 Å². The molecule has 0 saturated carbocycles. The topological polar surface area (TPSA) is 97.0 Å². The third kappa shape index (κ3) is 5.70. The van der Waals surface area contributed by atoms with Gasteiger partial charge in [-0.25, -0.2) is 0 Å². The third-order valence-corrected chi connectivity index (χ3v) is 8.49. The maximum Gasteiger partial charge on any atom is 0.257 e. The van der Waals surface area contributed by atoms with Crippen molar-refractivity contribution >= 4 is 23.4 Å². The molecule has 41 heavy (non-hydrogen) atoms. The van der Waals surface area contributed by atoms with E-state index in [0.29, 0.717) is 35.4 Å². The van der Waals surface area contributed by atoms with E-state index in [1.54, 1.807) is 36.2 Å². The molecule has 6 rings (SSSR count). The van der Waals surface area contributed by atoms with Crippen LogP contribution < -0.4 is 15.4 Å². The molecule has 1 saturated heterocycles. The van der Waals surface area contributed by atoms with Crippen LogP contribution in [0.5, 0.6) is 5.75 Å². The Bertz CT molecular complexity index is 1460. The largest absolute Gasteiger partial charge is 0.490 e. The maximum absolute atomic E-state index is 13.6. The number of carbonyl (C=O) groups is 3. The van der Waals surface area contributed by atoms with Gasteiger partial charge in [0.15, 0.2) is 0 Å². The molecule has 2 aliphatic heterocycles. The molecule has 3 atom stereocenters. The summed E-state index contributed by atoms with van der Waals surface area (Å²) in [7, 11) is 1.78. The van der Waals surface area contributed by atoms with Crippen LogP contribution in [-0.2, 0) is 22.4 Å². The van der Waals surface area contributed by atoms with Crippen LogP contribution >= 0.6 is 0 Å². The van der Waals surface area contributed by atoms with E-state index in [1.807, 2.05) is 37.3 Å². The highest BCUT2D eigenvalue weighted by molar-refractivity contribution is 6.06. The van der Waals surface area contributed by atoms with E-state index < -0.39 is 0 Å². The molecule has 0 radical (unpaired) electrons. The molecular formula is C33H35N3O5. The van der Waals surface area contributed by atoms with Gasteiger partial charge in [-0.1, -0.05) is 42.5 Å². The van der Waals surface area contributed by atoms with Crippen molar-refractivity contribution in [3.05, 3.63) is 94.5 Å². The average molecular weight is 554 g/mol. The molecule has 3 aromatic carbocycles. The predicted octanol–water partition coefficient (Wildman–Crippen LogP) is 4.30. The van der Waals surface area contributed by atoms with Crippen molar-refractivity contribution in [2.45, 2.75) is 63.3 Å². The van der Waals surface area contributed by atoms with Crippen molar-refractivity contribution in [1.29, 1.82) is 0 Å². The van der Waals surface area contributed by atoms with E-state index in [2.05, 4.69) is 22.8 Å². The van der Waals surface area contributed by atoms with Gasteiger partial charge in [0, 0.05) is 24.3 Å². The number of amides is 3. The van der Waals surface area contributed by atoms with Gasteiger partial charge in [-0.15, -0.1) is 0 Å². The lowest BCUT2D eigenvalue weighted by Crippen LogP contribution is -2.54. The number of rotatable bonds is 5. The number of fused-ring (bicyclic) bond motifs is 3. The highest BCUT2D eigenvalue weighted by atomic mass is 16.5. The monoisotopic (exact) mass is 553 g/mol. The Hall–Kier alpha value is -4.17. The first-order valence-corrected chi connectivity index (χ1v) is 14.3. The molecular weight excluding hydrogens is 518 g/mol. The fraction of sp³-hybridized carbons (Fsp3) is 0.364. The average Bonchev–Trinajstić information content (AvgIpc) is 3.37. The number of nitrogens with zero attached hydrogens (tertiary/aromatic N) is 1. The summed E-state index contributed by atoms with van der Waals surface area (Å²) in [5, 5.41) is 6.09. The number of hydrogen-bond acceptors (Lipinski definition) is 5. The van der Waals surface area contributed by atoms with Crippen molar-refractivity contribution in [3.63, 3.8) is 0 Å². The summed E-state index contributed by atoms with van der Waals surface area (Å²) in [5.74, 6) is 0.0118. The number of carbonyl (C=O) groups excluding carboxylic acids is 3. The van der Waals surface area contributed by atoms with Crippen molar-refractivity contribution < 1.29 is 23.9 Å². The number of ether oxygens (including phenoxy) is 2. The van der Waals surface area contributed by atoms with Crippen molar-refractivity contribution in [2.24, 2.45) is 0 Å². The van der Waals surface area contributed by atoms with Crippen LogP contribution in [0.1, 0.15) is 56.7 Å². The smallest absolute Gasteiger partial charge is 0.257 e. The lowest BCUT2D eigenvalue weighted by molar-refractivity contribution is -0.134. The van der Waals surface area contributed by atoms with E-state index in [-0.39, 0.29) is 55.0 Å². The molecule has 3 amide bonds. The number of benzene rings is 3. The molecule has 0 bridgehead atoms. The zero-order chi connectivity index (χ0) is 28.5. The van der Waals surface area contributed by atoms with Gasteiger partial charge < -0.3 is 25.0 Å². The Labute approximate surface area is 240 Å². The summed E-state index contributed by atoms with van der Waals surface area (Å²) in [4.78, 5) is 41.0. The van der Waals surface area contributed by atoms with Crippen molar-refractivity contribution in [1.82, 2.24) is 10.2 Å². The Kier molecular flexibility index (Phi) is 7.49. The van der Waals surface area contributed by atoms with Gasteiger partial charge in [-0.3, -0.25) is 14.4 Å². The highest BCUT2D eigenvalue weighted by Crippen LogP contribution is 2.33. The molecule has 8 nitrogen and oxygen atoms in total. The second kappa shape index (κ2) is 11.4. The van der Waals surface area contributed by atoms with Gasteiger partial charge in [0.2, 0.25) is 5.91 Å². The standard InChI is InChI=1S/C33H35N3O5/c1-20-7-3-6-10-26(20)32(38)35-23-11-14-29-27(17-23)33(39)36(2)28-13-12-25(41-30(28)19-40-29)18-31(37)34-24-15-21-8-4-5-9-22(21)16-24/h3-11,14,17,24-25,28,30H,12-13,15-16,18-19H2,1-2H3,(H,34,37)(H,35,38)/t25-,28-,30-/m0/s1. The second-order valence-electron chi connectivity index (χ2n) is 11.3. The second-order valence-corrected chi connectivity index (χ2v) is 11.3. The minimum absolute atomic E-state index is 0.00642. The molecule has 3 aromatic rings. The zero-order valence-corrected chi connectivity index (χ0v) is 23.4. The van der Waals surface area contributed by atoms with Crippen molar-refractivity contribution in [3.8, 4) is 5.75 Å². The maximum atomic E-state index is 13.6. The minimum Gasteiger partial charge on any atom is -0.490 e. The molecule has 212 valence electrons. The highest BCUT2D eigenvalue weighted by Gasteiger charge is 2.39. The van der Waals surface area contributed by atoms with E-state index >= 15 is 0 Å². The van der Waals surface area contributed by atoms with Crippen LogP contribution in [0.3, 0.4) is 0 Å². The van der Waals surface area contributed by atoms with Crippen molar-refractivity contribution in [2.75, 3.05) is 19.0 Å². The number of hydrogen-bond donors (Lipinski definition) is 2. The van der Waals surface area contributed by atoms with E-state index in [9.17, 15) is 14.4 Å². The predicted molar refractivity (Wildman–Crippen MR) is 155 cm³/mol. The SMILES string of the molecule is Cc1ccccc1C(=O)Nc1ccc2c(c1)C(=O)N(C)[C@H]1CC[C@@H](CC(=O)NC3Cc4ccccc4C3)O[C@H]1CO2. The van der Waals surface area contributed by atoms with Gasteiger partial charge in [0.25, 0.3) is 11.8 Å². The van der Waals surface area contributed by atoms with Gasteiger partial charge >= 0.3 is 0 Å². The lowest BCUT2D eigenvalue weighted by Gasteiger charge is -2.42. The Morgan fingerprint density at radius 1 is 0.976 bits per heavy atom. The molecule has 0 spiro atoms. The summed E-state index contributed by atoms with van der Waals surface area (Å²) < 4.78 is 12.4. The van der Waals surface area contributed by atoms with Gasteiger partial charge in [0.05, 0.1) is 24.1 Å². The molecule has 0 aromatic heterocycles. The molecule has 0 unspecified atom stereocenters. The number of aryl methyl sites for hydroxylation is 1. The Balaban J connectivity index is 1.09. The lowest BCUT2D eigenvalue weighted by atomic mass is 9.94. The van der Waals surface area contributed by atoms with Gasteiger partial charge in [-0.2, -0.15) is 0 Å². The van der Waals surface area contributed by atoms with Crippen LogP contribution in [0.15, 0.2) is 66.7 Å². The number of nitrogens with one attached hydrogen (secondary N) is 2. The third-order valence-electron chi connectivity index (χ3n) is 8.49. The zero-order valence-electron chi connectivity index (χ0n) is 23.4. The number of likely N-dealkylation sites (N-methyl/N-ethyl adjacent to an activating group) is 1. The molecule has 2 N–H and O–H groups in total. The summed E-state index contributed by atoms with van der Waals surface area (Å²) in [5.41, 5.74) is 4.98. The van der Waals surface area contributed by atoms with Gasteiger partial charge in [-0.05, 0) is 73.6 Å². The minimum atomic E-state index is -0.347. The Morgan fingerprint density at radius 3 is 2.46 bits per heavy atom. The van der Waals surface area contributed by atoms with Crippen LogP contribution in [0.25, 0.3) is 0 Å². The molecule has 8 heteroatoms. The van der Waals surface area contributed by atoms with Crippen LogP contribution in [-0.4, -0.2) is 60.6 Å². The fourth-order valence-electron chi connectivity index (χ4n) is 6.29. The normalized spacial score (nSPS) is 22.0. The quantitative estimate of drug-likeness (QED) is 0.491. The van der Waals surface area contributed by atoms with Crippen LogP contribution in [0.4, 0.5) is 5.69 Å². The van der Waals surface area contributed by atoms with Crippen LogP contribution in [0.2, 0.25) is 0 Å².